The third-order valence-electron chi connectivity index (χ3n) is 6.05. The summed E-state index contributed by atoms with van der Waals surface area (Å²) in [6.07, 6.45) is 4.86. The molecule has 1 aromatic carbocycles. The van der Waals surface area contributed by atoms with Crippen LogP contribution in [0.15, 0.2) is 23.8 Å². The zero-order chi connectivity index (χ0) is 15.5. The van der Waals surface area contributed by atoms with E-state index in [9.17, 15) is 9.90 Å². The van der Waals surface area contributed by atoms with Crippen LogP contribution in [0, 0.1) is 5.41 Å². The molecule has 3 aliphatic carbocycles. The number of ketones is 1. The van der Waals surface area contributed by atoms with Gasteiger partial charge in [0.1, 0.15) is 5.75 Å². The molecule has 1 unspecified atom stereocenters. The second-order valence-corrected chi connectivity index (χ2v) is 7.17. The van der Waals surface area contributed by atoms with Gasteiger partial charge in [-0.15, -0.1) is 0 Å². The fourth-order valence-electron chi connectivity index (χ4n) is 4.24. The van der Waals surface area contributed by atoms with Crippen LogP contribution >= 0.6 is 0 Å². The monoisotopic (exact) mass is 298 g/mol. The number of hydrogen-bond acceptors (Lipinski definition) is 3. The maximum Gasteiger partial charge on any atom is 0.167 e. The Morgan fingerprint density at radius 3 is 2.55 bits per heavy atom. The number of aliphatic hydroxyl groups is 1. The second-order valence-electron chi connectivity index (χ2n) is 7.17. The van der Waals surface area contributed by atoms with Crippen molar-refractivity contribution in [2.75, 3.05) is 7.11 Å². The van der Waals surface area contributed by atoms with Crippen LogP contribution in [0.3, 0.4) is 0 Å². The number of benzene rings is 1. The van der Waals surface area contributed by atoms with Crippen LogP contribution < -0.4 is 4.74 Å². The van der Waals surface area contributed by atoms with Gasteiger partial charge in [-0.25, -0.2) is 0 Å². The molecule has 0 bridgehead atoms. The van der Waals surface area contributed by atoms with E-state index in [1.165, 1.54) is 16.7 Å². The first-order chi connectivity index (χ1) is 10.5. The minimum absolute atomic E-state index is 0.190. The van der Waals surface area contributed by atoms with Crippen molar-refractivity contribution in [2.45, 2.75) is 51.0 Å². The van der Waals surface area contributed by atoms with Gasteiger partial charge in [0, 0.05) is 0 Å². The number of allylic oxidation sites excluding steroid dienone is 2. The Balaban J connectivity index is 1.77. The van der Waals surface area contributed by atoms with Crippen molar-refractivity contribution >= 4 is 11.4 Å². The Bertz CT molecular complexity index is 697. The van der Waals surface area contributed by atoms with E-state index in [0.717, 1.165) is 49.8 Å². The van der Waals surface area contributed by atoms with E-state index >= 15 is 0 Å². The molecular formula is C19H22O3. The van der Waals surface area contributed by atoms with Gasteiger partial charge < -0.3 is 9.84 Å². The lowest BCUT2D eigenvalue weighted by Crippen LogP contribution is -2.45. The van der Waals surface area contributed by atoms with Crippen molar-refractivity contribution in [3.8, 4) is 5.75 Å². The van der Waals surface area contributed by atoms with Crippen molar-refractivity contribution in [1.29, 1.82) is 0 Å². The first kappa shape index (κ1) is 14.0. The molecule has 0 saturated heterocycles. The second kappa shape index (κ2) is 4.45. The summed E-state index contributed by atoms with van der Waals surface area (Å²) in [4.78, 5) is 13.1. The molecule has 1 fully saturated rings. The normalized spacial score (nSPS) is 29.0. The van der Waals surface area contributed by atoms with E-state index in [4.69, 9.17) is 4.74 Å². The average Bonchev–Trinajstić information content (AvgIpc) is 3.29. The number of rotatable bonds is 2. The van der Waals surface area contributed by atoms with Gasteiger partial charge in [-0.05, 0) is 79.9 Å². The van der Waals surface area contributed by atoms with Crippen molar-refractivity contribution in [3.05, 3.63) is 34.9 Å². The van der Waals surface area contributed by atoms with Gasteiger partial charge in [-0.2, -0.15) is 0 Å². The Morgan fingerprint density at radius 2 is 1.86 bits per heavy atom. The summed E-state index contributed by atoms with van der Waals surface area (Å²) in [6, 6.07) is 6.15. The third kappa shape index (κ3) is 1.75. The number of hydrogen-bond donors (Lipinski definition) is 1. The van der Waals surface area contributed by atoms with Crippen molar-refractivity contribution in [3.63, 3.8) is 0 Å². The predicted molar refractivity (Wildman–Crippen MR) is 84.8 cm³/mol. The number of ether oxygens (including phenoxy) is 1. The number of fused-ring (bicyclic) bond motifs is 2. The number of Topliss-reactive ketones (excluding diaryl/α,β-unsaturated/α-hetero) is 1. The number of methoxy groups -OCH3 is 1. The van der Waals surface area contributed by atoms with Gasteiger partial charge in [-0.1, -0.05) is 6.07 Å². The Labute approximate surface area is 131 Å². The van der Waals surface area contributed by atoms with Gasteiger partial charge in [-0.3, -0.25) is 4.79 Å². The molecule has 1 N–H and O–H groups in total. The maximum atomic E-state index is 13.1. The highest BCUT2D eigenvalue weighted by molar-refractivity contribution is 6.09. The first-order valence-corrected chi connectivity index (χ1v) is 8.15. The Morgan fingerprint density at radius 1 is 1.09 bits per heavy atom. The van der Waals surface area contributed by atoms with E-state index in [-0.39, 0.29) is 5.78 Å². The van der Waals surface area contributed by atoms with Crippen LogP contribution in [0.4, 0.5) is 0 Å². The average molecular weight is 298 g/mol. The molecule has 1 atom stereocenters. The molecule has 22 heavy (non-hydrogen) atoms. The topological polar surface area (TPSA) is 46.5 Å². The summed E-state index contributed by atoms with van der Waals surface area (Å²) in [5.74, 6) is 1.07. The number of carbonyl (C=O) groups is 1. The minimum Gasteiger partial charge on any atom is -0.497 e. The standard InChI is InChI=1S/C19H22O3/c1-18(19(21)9-10-19)8-7-15-14-6-4-13(22-2)11-12(14)3-5-16(15)17(18)20/h4,6,11,21H,3,5,7-10H2,1-2H3. The highest BCUT2D eigenvalue weighted by Gasteiger charge is 2.60. The van der Waals surface area contributed by atoms with Gasteiger partial charge in [0.2, 0.25) is 0 Å². The lowest BCUT2D eigenvalue weighted by Gasteiger charge is -2.40. The summed E-state index contributed by atoms with van der Waals surface area (Å²) >= 11 is 0. The fraction of sp³-hybridized carbons (Fsp3) is 0.526. The molecule has 0 heterocycles. The predicted octanol–water partition coefficient (Wildman–Crippen LogP) is 3.29. The summed E-state index contributed by atoms with van der Waals surface area (Å²) in [5, 5.41) is 10.6. The smallest absolute Gasteiger partial charge is 0.167 e. The minimum atomic E-state index is -0.747. The molecule has 1 saturated carbocycles. The number of aryl methyl sites for hydroxylation is 1. The molecule has 1 aromatic rings. The van der Waals surface area contributed by atoms with E-state index in [0.29, 0.717) is 0 Å². The molecule has 0 aliphatic heterocycles. The van der Waals surface area contributed by atoms with Gasteiger partial charge in [0.05, 0.1) is 18.1 Å². The first-order valence-electron chi connectivity index (χ1n) is 8.15. The molecular weight excluding hydrogens is 276 g/mol. The molecule has 3 aliphatic rings. The lowest BCUT2D eigenvalue weighted by molar-refractivity contribution is -0.133. The number of carbonyl (C=O) groups excluding carboxylic acids is 1. The van der Waals surface area contributed by atoms with Crippen LogP contribution in [0.5, 0.6) is 5.75 Å². The van der Waals surface area contributed by atoms with E-state index < -0.39 is 11.0 Å². The van der Waals surface area contributed by atoms with Crippen LogP contribution in [0.1, 0.15) is 50.2 Å². The molecule has 0 amide bonds. The van der Waals surface area contributed by atoms with Crippen molar-refractivity contribution in [2.24, 2.45) is 5.41 Å². The van der Waals surface area contributed by atoms with E-state index in [2.05, 4.69) is 12.1 Å². The van der Waals surface area contributed by atoms with E-state index in [1.54, 1.807) is 7.11 Å². The van der Waals surface area contributed by atoms with Crippen LogP contribution in [-0.2, 0) is 11.2 Å². The van der Waals surface area contributed by atoms with Crippen LogP contribution in [0.25, 0.3) is 5.57 Å². The Kier molecular flexibility index (Phi) is 2.83. The van der Waals surface area contributed by atoms with Crippen molar-refractivity contribution in [1.82, 2.24) is 0 Å². The van der Waals surface area contributed by atoms with Gasteiger partial charge in [0.15, 0.2) is 5.78 Å². The largest absolute Gasteiger partial charge is 0.497 e. The summed E-state index contributed by atoms with van der Waals surface area (Å²) in [7, 11) is 1.68. The van der Waals surface area contributed by atoms with Gasteiger partial charge in [0.25, 0.3) is 0 Å². The SMILES string of the molecule is COc1ccc2c(c1)CCC1=C2CCC(C)(C2(O)CC2)C1=O. The quantitative estimate of drug-likeness (QED) is 0.911. The highest BCUT2D eigenvalue weighted by Crippen LogP contribution is 2.57. The molecule has 0 radical (unpaired) electrons. The van der Waals surface area contributed by atoms with Gasteiger partial charge >= 0.3 is 0 Å². The van der Waals surface area contributed by atoms with Crippen LogP contribution in [-0.4, -0.2) is 23.6 Å². The molecule has 0 spiro atoms. The third-order valence-corrected chi connectivity index (χ3v) is 6.05. The van der Waals surface area contributed by atoms with Crippen LogP contribution in [0.2, 0.25) is 0 Å². The molecule has 0 aromatic heterocycles. The lowest BCUT2D eigenvalue weighted by atomic mass is 9.63. The molecule has 3 nitrogen and oxygen atoms in total. The van der Waals surface area contributed by atoms with Crippen molar-refractivity contribution < 1.29 is 14.6 Å². The zero-order valence-electron chi connectivity index (χ0n) is 13.2. The molecule has 4 rings (SSSR count). The fourth-order valence-corrected chi connectivity index (χ4v) is 4.24. The highest BCUT2D eigenvalue weighted by atomic mass is 16.5. The Hall–Kier alpha value is -1.61. The summed E-state index contributed by atoms with van der Waals surface area (Å²) in [5.41, 5.74) is 3.33. The molecule has 116 valence electrons. The summed E-state index contributed by atoms with van der Waals surface area (Å²) < 4.78 is 5.31. The maximum absolute atomic E-state index is 13.1. The summed E-state index contributed by atoms with van der Waals surface area (Å²) in [6.45, 7) is 1.97. The molecule has 3 heteroatoms. The zero-order valence-corrected chi connectivity index (χ0v) is 13.2. The van der Waals surface area contributed by atoms with E-state index in [1.807, 2.05) is 13.0 Å².